The fourth-order valence-corrected chi connectivity index (χ4v) is 4.81. The number of hydrogen-bond acceptors (Lipinski definition) is 6. The molecule has 0 bridgehead atoms. The van der Waals surface area contributed by atoms with Crippen LogP contribution < -0.4 is 14.6 Å². The molecule has 1 aromatic rings. The lowest BCUT2D eigenvalue weighted by Gasteiger charge is -2.07. The quantitative estimate of drug-likeness (QED) is 0.332. The van der Waals surface area contributed by atoms with Crippen LogP contribution in [0.15, 0.2) is 24.3 Å². The number of nitrogens with two attached hydrogens (primary N) is 1. The van der Waals surface area contributed by atoms with Gasteiger partial charge < -0.3 is 9.50 Å². The molecule has 10 heteroatoms. The van der Waals surface area contributed by atoms with Crippen molar-refractivity contribution in [1.29, 1.82) is 0 Å². The molecule has 0 aliphatic heterocycles. The van der Waals surface area contributed by atoms with Gasteiger partial charge in [0, 0.05) is 13.0 Å². The summed E-state index contributed by atoms with van der Waals surface area (Å²) in [5, 5.41) is 7.51. The molecule has 0 fully saturated rings. The molecular formula is C21H36N2O6S2. The van der Waals surface area contributed by atoms with Gasteiger partial charge in [0.05, 0.1) is 11.5 Å². The Balaban J connectivity index is 2.17. The van der Waals surface area contributed by atoms with Gasteiger partial charge in [-0.15, -0.1) is 0 Å². The van der Waals surface area contributed by atoms with Crippen LogP contribution in [0.4, 0.5) is 0 Å². The minimum atomic E-state index is -4.06. The summed E-state index contributed by atoms with van der Waals surface area (Å²) in [5.41, 5.74) is 0.865. The Labute approximate surface area is 187 Å². The number of unbranched alkanes of at least 4 members (excludes halogenated alkanes) is 7. The van der Waals surface area contributed by atoms with E-state index in [9.17, 15) is 21.6 Å². The average Bonchev–Trinajstić information content (AvgIpc) is 2.69. The smallest absolute Gasteiger partial charge is 0.371 e. The highest BCUT2D eigenvalue weighted by molar-refractivity contribution is 7.91. The summed E-state index contributed by atoms with van der Waals surface area (Å²) >= 11 is 0. The number of rotatable bonds is 17. The molecule has 0 spiro atoms. The summed E-state index contributed by atoms with van der Waals surface area (Å²) in [5.74, 6) is -0.178. The van der Waals surface area contributed by atoms with Gasteiger partial charge in [-0.25, -0.2) is 8.42 Å². The van der Waals surface area contributed by atoms with E-state index in [0.29, 0.717) is 19.4 Å². The number of hydrogen-bond donors (Lipinski definition) is 2. The molecule has 0 aromatic heterocycles. The first-order valence-electron chi connectivity index (χ1n) is 10.9. The predicted octanol–water partition coefficient (Wildman–Crippen LogP) is 2.87. The van der Waals surface area contributed by atoms with Crippen molar-refractivity contribution >= 4 is 26.0 Å². The Kier molecular flexibility index (Phi) is 12.7. The van der Waals surface area contributed by atoms with Crippen molar-refractivity contribution < 1.29 is 25.8 Å². The minimum absolute atomic E-state index is 0.0412. The summed E-state index contributed by atoms with van der Waals surface area (Å²) in [6, 6.07) is 6.28. The van der Waals surface area contributed by atoms with E-state index in [1.807, 2.05) is 0 Å². The topological polar surface area (TPSA) is 133 Å². The molecule has 31 heavy (non-hydrogen) atoms. The Bertz CT molecular complexity index is 852. The van der Waals surface area contributed by atoms with Crippen LogP contribution in [0.25, 0.3) is 0 Å². The Morgan fingerprint density at radius 3 is 2.06 bits per heavy atom. The molecule has 8 nitrogen and oxygen atoms in total. The number of amides is 1. The standard InChI is InChI=1S/C21H36N2O6S2/c1-2-3-4-5-6-7-8-9-17-30(25,26)18-15-21(24)23-16-14-19-10-12-20(13-11-19)29-31(22,27)28/h10-13H,2-9,14-18H2,1H3,(H,23,24)(H2,22,27,28). The highest BCUT2D eigenvalue weighted by Crippen LogP contribution is 2.13. The van der Waals surface area contributed by atoms with Crippen molar-refractivity contribution in [3.8, 4) is 5.75 Å². The number of nitrogens with one attached hydrogen (secondary N) is 1. The van der Waals surface area contributed by atoms with Crippen molar-refractivity contribution in [2.24, 2.45) is 5.14 Å². The third-order valence-electron chi connectivity index (χ3n) is 4.82. The SMILES string of the molecule is CCCCCCCCCCS(=O)(=O)CCC(=O)NCCc1ccc(OS(N)(=O)=O)cc1. The van der Waals surface area contributed by atoms with Crippen LogP contribution in [0.2, 0.25) is 0 Å². The molecule has 3 N–H and O–H groups in total. The van der Waals surface area contributed by atoms with Crippen LogP contribution >= 0.6 is 0 Å². The van der Waals surface area contributed by atoms with Gasteiger partial charge in [-0.3, -0.25) is 4.79 Å². The summed E-state index contributed by atoms with van der Waals surface area (Å²) in [4.78, 5) is 11.9. The minimum Gasteiger partial charge on any atom is -0.371 e. The molecule has 0 saturated carbocycles. The van der Waals surface area contributed by atoms with Gasteiger partial charge in [-0.2, -0.15) is 13.6 Å². The van der Waals surface area contributed by atoms with Gasteiger partial charge in [-0.05, 0) is 30.5 Å². The van der Waals surface area contributed by atoms with Crippen LogP contribution in [0.5, 0.6) is 5.75 Å². The lowest BCUT2D eigenvalue weighted by atomic mass is 10.1. The molecule has 1 amide bonds. The maximum Gasteiger partial charge on any atom is 0.380 e. The third-order valence-corrected chi connectivity index (χ3v) is 6.98. The largest absolute Gasteiger partial charge is 0.380 e. The maximum absolute atomic E-state index is 12.1. The Morgan fingerprint density at radius 2 is 1.48 bits per heavy atom. The predicted molar refractivity (Wildman–Crippen MR) is 123 cm³/mol. The summed E-state index contributed by atoms with van der Waals surface area (Å²) in [6.45, 7) is 2.54. The number of benzene rings is 1. The van der Waals surface area contributed by atoms with Crippen molar-refractivity contribution in [3.05, 3.63) is 29.8 Å². The van der Waals surface area contributed by atoms with E-state index >= 15 is 0 Å². The first-order valence-corrected chi connectivity index (χ1v) is 14.2. The van der Waals surface area contributed by atoms with E-state index in [-0.39, 0.29) is 29.6 Å². The zero-order valence-electron chi connectivity index (χ0n) is 18.3. The first kappa shape index (κ1) is 27.4. The molecule has 178 valence electrons. The molecule has 0 unspecified atom stereocenters. The normalized spacial score (nSPS) is 11.9. The number of carbonyl (C=O) groups is 1. The molecule has 0 saturated heterocycles. The number of carbonyl (C=O) groups excluding carboxylic acids is 1. The molecule has 0 heterocycles. The van der Waals surface area contributed by atoms with E-state index in [2.05, 4.69) is 16.4 Å². The highest BCUT2D eigenvalue weighted by Gasteiger charge is 2.13. The van der Waals surface area contributed by atoms with Gasteiger partial charge >= 0.3 is 10.3 Å². The van der Waals surface area contributed by atoms with E-state index in [4.69, 9.17) is 5.14 Å². The van der Waals surface area contributed by atoms with E-state index in [1.54, 1.807) is 12.1 Å². The number of sulfone groups is 1. The van der Waals surface area contributed by atoms with Gasteiger partial charge in [0.15, 0.2) is 9.84 Å². The van der Waals surface area contributed by atoms with Crippen LogP contribution in [0.3, 0.4) is 0 Å². The molecule has 0 aliphatic rings. The molecule has 1 aromatic carbocycles. The Morgan fingerprint density at radius 1 is 0.903 bits per heavy atom. The zero-order valence-corrected chi connectivity index (χ0v) is 20.0. The fraction of sp³-hybridized carbons (Fsp3) is 0.667. The lowest BCUT2D eigenvalue weighted by molar-refractivity contribution is -0.120. The van der Waals surface area contributed by atoms with E-state index < -0.39 is 20.1 Å². The zero-order chi connectivity index (χ0) is 23.2. The van der Waals surface area contributed by atoms with E-state index in [0.717, 1.165) is 24.8 Å². The molecule has 0 aliphatic carbocycles. The van der Waals surface area contributed by atoms with Gasteiger partial charge in [0.25, 0.3) is 0 Å². The Hall–Kier alpha value is -1.65. The van der Waals surface area contributed by atoms with Gasteiger partial charge in [-0.1, -0.05) is 64.0 Å². The fourth-order valence-electron chi connectivity index (χ4n) is 3.09. The van der Waals surface area contributed by atoms with Crippen LogP contribution in [0.1, 0.15) is 70.3 Å². The van der Waals surface area contributed by atoms with Crippen LogP contribution in [0, 0.1) is 0 Å². The van der Waals surface area contributed by atoms with Crippen molar-refractivity contribution in [2.75, 3.05) is 18.1 Å². The highest BCUT2D eigenvalue weighted by atomic mass is 32.2. The molecular weight excluding hydrogens is 440 g/mol. The van der Waals surface area contributed by atoms with Crippen molar-refractivity contribution in [2.45, 2.75) is 71.1 Å². The molecule has 0 radical (unpaired) electrons. The third kappa shape index (κ3) is 14.9. The first-order chi connectivity index (χ1) is 14.6. The van der Waals surface area contributed by atoms with Crippen LogP contribution in [-0.4, -0.2) is 40.8 Å². The van der Waals surface area contributed by atoms with Crippen molar-refractivity contribution in [1.82, 2.24) is 5.32 Å². The van der Waals surface area contributed by atoms with Gasteiger partial charge in [0.2, 0.25) is 5.91 Å². The molecule has 0 atom stereocenters. The second-order valence-electron chi connectivity index (χ2n) is 7.70. The van der Waals surface area contributed by atoms with Crippen LogP contribution in [-0.2, 0) is 31.4 Å². The molecule has 1 rings (SSSR count). The maximum atomic E-state index is 12.1. The van der Waals surface area contributed by atoms with Gasteiger partial charge in [0.1, 0.15) is 5.75 Å². The van der Waals surface area contributed by atoms with Crippen molar-refractivity contribution in [3.63, 3.8) is 0 Å². The monoisotopic (exact) mass is 476 g/mol. The lowest BCUT2D eigenvalue weighted by Crippen LogP contribution is -2.28. The second kappa shape index (κ2) is 14.4. The summed E-state index contributed by atoms with van der Waals surface area (Å²) in [7, 11) is -7.27. The summed E-state index contributed by atoms with van der Waals surface area (Å²) in [6.07, 6.45) is 9.22. The summed E-state index contributed by atoms with van der Waals surface area (Å²) < 4.78 is 50.5. The second-order valence-corrected chi connectivity index (χ2v) is 11.2. The average molecular weight is 477 g/mol. The van der Waals surface area contributed by atoms with E-state index in [1.165, 1.54) is 37.8 Å².